The summed E-state index contributed by atoms with van der Waals surface area (Å²) in [7, 11) is 1.81. The topological polar surface area (TPSA) is 62.6 Å². The Hall–Kier alpha value is -2.56. The summed E-state index contributed by atoms with van der Waals surface area (Å²) in [5.74, 6) is -0.0634. The Morgan fingerprint density at radius 2 is 2.04 bits per heavy atom. The van der Waals surface area contributed by atoms with Crippen molar-refractivity contribution in [1.82, 2.24) is 4.90 Å². The molecule has 0 aliphatic carbocycles. The van der Waals surface area contributed by atoms with E-state index in [1.54, 1.807) is 42.3 Å². The van der Waals surface area contributed by atoms with Crippen LogP contribution in [-0.4, -0.2) is 30.3 Å². The first kappa shape index (κ1) is 16.8. The number of aryl methyl sites for hydroxylation is 1. The predicted molar refractivity (Wildman–Crippen MR) is 89.7 cm³/mol. The zero-order chi connectivity index (χ0) is 16.8. The maximum Gasteiger partial charge on any atom is 0.291 e. The lowest BCUT2D eigenvalue weighted by Gasteiger charge is -2.17. The van der Waals surface area contributed by atoms with Crippen LogP contribution in [0.15, 0.2) is 41.0 Å². The highest BCUT2D eigenvalue weighted by Crippen LogP contribution is 2.19. The van der Waals surface area contributed by atoms with Crippen LogP contribution in [0.5, 0.6) is 0 Å². The minimum Gasteiger partial charge on any atom is -0.459 e. The van der Waals surface area contributed by atoms with Crippen molar-refractivity contribution in [2.45, 2.75) is 26.7 Å². The smallest absolute Gasteiger partial charge is 0.291 e. The minimum atomic E-state index is -0.308. The molecule has 5 heteroatoms. The summed E-state index contributed by atoms with van der Waals surface area (Å²) in [6, 6.07) is 8.54. The third kappa shape index (κ3) is 4.22. The van der Waals surface area contributed by atoms with Gasteiger partial charge in [-0.05, 0) is 49.2 Å². The SMILES string of the molecule is CCCCN(C)C(=O)c1ccc(NC(=O)c2ccco2)c(C)c1. The van der Waals surface area contributed by atoms with Gasteiger partial charge in [-0.25, -0.2) is 0 Å². The highest BCUT2D eigenvalue weighted by molar-refractivity contribution is 6.03. The van der Waals surface area contributed by atoms with Gasteiger partial charge in [0.05, 0.1) is 6.26 Å². The van der Waals surface area contributed by atoms with E-state index in [2.05, 4.69) is 12.2 Å². The summed E-state index contributed by atoms with van der Waals surface area (Å²) in [4.78, 5) is 26.1. The van der Waals surface area contributed by atoms with Crippen molar-refractivity contribution in [3.63, 3.8) is 0 Å². The van der Waals surface area contributed by atoms with E-state index in [1.165, 1.54) is 6.26 Å². The summed E-state index contributed by atoms with van der Waals surface area (Å²) < 4.78 is 5.07. The average Bonchev–Trinajstić information content (AvgIpc) is 3.08. The largest absolute Gasteiger partial charge is 0.459 e. The molecule has 122 valence electrons. The van der Waals surface area contributed by atoms with Crippen LogP contribution in [0.3, 0.4) is 0 Å². The Labute approximate surface area is 136 Å². The monoisotopic (exact) mass is 314 g/mol. The third-order valence-corrected chi connectivity index (χ3v) is 3.66. The number of unbranched alkanes of at least 4 members (excludes halogenated alkanes) is 1. The van der Waals surface area contributed by atoms with E-state index in [9.17, 15) is 9.59 Å². The van der Waals surface area contributed by atoms with E-state index >= 15 is 0 Å². The number of nitrogens with one attached hydrogen (secondary N) is 1. The number of benzene rings is 1. The maximum absolute atomic E-state index is 12.3. The lowest BCUT2D eigenvalue weighted by Crippen LogP contribution is -2.27. The molecule has 0 saturated heterocycles. The second kappa shape index (κ2) is 7.63. The zero-order valence-electron chi connectivity index (χ0n) is 13.8. The van der Waals surface area contributed by atoms with Gasteiger partial charge in [0.25, 0.3) is 11.8 Å². The van der Waals surface area contributed by atoms with Gasteiger partial charge in [0.2, 0.25) is 0 Å². The molecule has 5 nitrogen and oxygen atoms in total. The van der Waals surface area contributed by atoms with E-state index in [4.69, 9.17) is 4.42 Å². The molecular weight excluding hydrogens is 292 g/mol. The van der Waals surface area contributed by atoms with Gasteiger partial charge in [0.15, 0.2) is 5.76 Å². The molecule has 0 bridgehead atoms. The van der Waals surface area contributed by atoms with Crippen molar-refractivity contribution in [3.8, 4) is 0 Å². The molecule has 2 aromatic rings. The Kier molecular flexibility index (Phi) is 5.57. The van der Waals surface area contributed by atoms with Crippen LogP contribution in [-0.2, 0) is 0 Å². The van der Waals surface area contributed by atoms with Crippen molar-refractivity contribution in [3.05, 3.63) is 53.5 Å². The molecule has 0 aliphatic rings. The minimum absolute atomic E-state index is 0.00883. The normalized spacial score (nSPS) is 10.4. The number of hydrogen-bond donors (Lipinski definition) is 1. The molecule has 0 radical (unpaired) electrons. The second-order valence-electron chi connectivity index (χ2n) is 5.54. The van der Waals surface area contributed by atoms with Crippen LogP contribution in [0, 0.1) is 6.92 Å². The molecule has 2 amide bonds. The first-order chi connectivity index (χ1) is 11.0. The molecule has 0 atom stereocenters. The van der Waals surface area contributed by atoms with Crippen LogP contribution in [0.2, 0.25) is 0 Å². The fraction of sp³-hybridized carbons (Fsp3) is 0.333. The average molecular weight is 314 g/mol. The molecule has 0 unspecified atom stereocenters. The first-order valence-corrected chi connectivity index (χ1v) is 7.74. The van der Waals surface area contributed by atoms with Crippen LogP contribution in [0.4, 0.5) is 5.69 Å². The Balaban J connectivity index is 2.08. The van der Waals surface area contributed by atoms with Gasteiger partial charge in [-0.2, -0.15) is 0 Å². The van der Waals surface area contributed by atoms with Crippen LogP contribution >= 0.6 is 0 Å². The van der Waals surface area contributed by atoms with Crippen LogP contribution < -0.4 is 5.32 Å². The molecule has 1 N–H and O–H groups in total. The molecule has 0 aliphatic heterocycles. The van der Waals surface area contributed by atoms with Gasteiger partial charge >= 0.3 is 0 Å². The molecule has 0 saturated carbocycles. The number of anilines is 1. The first-order valence-electron chi connectivity index (χ1n) is 7.74. The number of amides is 2. The number of rotatable bonds is 6. The molecule has 1 aromatic heterocycles. The second-order valence-corrected chi connectivity index (χ2v) is 5.54. The molecule has 0 fully saturated rings. The van der Waals surface area contributed by atoms with Crippen molar-refractivity contribution in [2.24, 2.45) is 0 Å². The number of carbonyl (C=O) groups excluding carboxylic acids is 2. The maximum atomic E-state index is 12.3. The highest BCUT2D eigenvalue weighted by Gasteiger charge is 2.14. The van der Waals surface area contributed by atoms with E-state index in [0.717, 1.165) is 24.9 Å². The van der Waals surface area contributed by atoms with Crippen molar-refractivity contribution in [1.29, 1.82) is 0 Å². The van der Waals surface area contributed by atoms with E-state index in [1.807, 2.05) is 6.92 Å². The number of furan rings is 1. The zero-order valence-corrected chi connectivity index (χ0v) is 13.8. The van der Waals surface area contributed by atoms with Gasteiger partial charge in [0.1, 0.15) is 0 Å². The summed E-state index contributed by atoms with van der Waals surface area (Å²) in [6.45, 7) is 4.70. The van der Waals surface area contributed by atoms with Gasteiger partial charge < -0.3 is 14.6 Å². The molecular formula is C18H22N2O3. The van der Waals surface area contributed by atoms with E-state index in [-0.39, 0.29) is 17.6 Å². The summed E-state index contributed by atoms with van der Waals surface area (Å²) >= 11 is 0. The Morgan fingerprint density at radius 1 is 1.26 bits per heavy atom. The van der Waals surface area contributed by atoms with Crippen molar-refractivity contribution >= 4 is 17.5 Å². The number of carbonyl (C=O) groups is 2. The molecule has 2 rings (SSSR count). The Morgan fingerprint density at radius 3 is 2.65 bits per heavy atom. The lowest BCUT2D eigenvalue weighted by atomic mass is 10.1. The summed E-state index contributed by atoms with van der Waals surface area (Å²) in [6.07, 6.45) is 3.49. The predicted octanol–water partition coefficient (Wildman–Crippen LogP) is 3.71. The van der Waals surface area contributed by atoms with Crippen LogP contribution in [0.1, 0.15) is 46.2 Å². The highest BCUT2D eigenvalue weighted by atomic mass is 16.3. The standard InChI is InChI=1S/C18H22N2O3/c1-4-5-10-20(3)18(22)14-8-9-15(13(2)12-14)19-17(21)16-7-6-11-23-16/h6-9,11-12H,4-5,10H2,1-3H3,(H,19,21). The van der Waals surface area contributed by atoms with E-state index < -0.39 is 0 Å². The summed E-state index contributed by atoms with van der Waals surface area (Å²) in [5, 5.41) is 2.78. The third-order valence-electron chi connectivity index (χ3n) is 3.66. The summed E-state index contributed by atoms with van der Waals surface area (Å²) in [5.41, 5.74) is 2.12. The number of hydrogen-bond acceptors (Lipinski definition) is 3. The van der Waals surface area contributed by atoms with Gasteiger partial charge in [0, 0.05) is 24.8 Å². The van der Waals surface area contributed by atoms with Gasteiger partial charge in [-0.3, -0.25) is 9.59 Å². The number of nitrogens with zero attached hydrogens (tertiary/aromatic N) is 1. The fourth-order valence-electron chi connectivity index (χ4n) is 2.25. The Bertz CT molecular complexity index is 678. The molecule has 1 aromatic carbocycles. The molecule has 23 heavy (non-hydrogen) atoms. The fourth-order valence-corrected chi connectivity index (χ4v) is 2.25. The van der Waals surface area contributed by atoms with Gasteiger partial charge in [-0.15, -0.1) is 0 Å². The van der Waals surface area contributed by atoms with Gasteiger partial charge in [-0.1, -0.05) is 13.3 Å². The molecule has 0 spiro atoms. The van der Waals surface area contributed by atoms with Crippen LogP contribution in [0.25, 0.3) is 0 Å². The molecule has 1 heterocycles. The lowest BCUT2D eigenvalue weighted by molar-refractivity contribution is 0.0793. The van der Waals surface area contributed by atoms with E-state index in [0.29, 0.717) is 11.3 Å². The quantitative estimate of drug-likeness (QED) is 0.884. The van der Waals surface area contributed by atoms with Crippen molar-refractivity contribution in [2.75, 3.05) is 18.9 Å². The van der Waals surface area contributed by atoms with Crippen molar-refractivity contribution < 1.29 is 14.0 Å².